The van der Waals surface area contributed by atoms with Crippen LogP contribution < -0.4 is 5.46 Å². The number of halogens is 3. The first-order chi connectivity index (χ1) is 18.4. The molecular weight excluding hydrogens is 490 g/mol. The van der Waals surface area contributed by atoms with E-state index in [9.17, 15) is 18.0 Å². The lowest BCUT2D eigenvalue weighted by molar-refractivity contribution is -0.137. The maximum atomic E-state index is 14.5. The molecule has 1 heterocycles. The number of carbonyl (C=O) groups excluding carboxylic acids is 1. The van der Waals surface area contributed by atoms with Crippen LogP contribution in [0.5, 0.6) is 0 Å². The number of benzene rings is 3. The van der Waals surface area contributed by atoms with Gasteiger partial charge in [0.05, 0.1) is 13.2 Å². The molecule has 0 aromatic heterocycles. The molecule has 0 saturated carbocycles. The van der Waals surface area contributed by atoms with Gasteiger partial charge in [0.25, 0.3) is 0 Å². The van der Waals surface area contributed by atoms with Gasteiger partial charge in [0.2, 0.25) is 0 Å². The first-order valence-corrected chi connectivity index (χ1v) is 11.7. The second-order valence-corrected chi connectivity index (χ2v) is 8.20. The van der Waals surface area contributed by atoms with Gasteiger partial charge in [-0.05, 0) is 42.3 Å². The van der Waals surface area contributed by atoms with E-state index in [0.717, 1.165) is 23.3 Å². The van der Waals surface area contributed by atoms with Crippen molar-refractivity contribution in [3.8, 4) is 0 Å². The van der Waals surface area contributed by atoms with Crippen molar-refractivity contribution < 1.29 is 27.4 Å². The van der Waals surface area contributed by atoms with E-state index in [0.29, 0.717) is 17.1 Å². The number of allylic oxidation sites excluding steroid dienone is 4. The highest BCUT2D eigenvalue weighted by atomic mass is 19.2. The van der Waals surface area contributed by atoms with E-state index >= 15 is 0 Å². The Labute approximate surface area is 219 Å². The van der Waals surface area contributed by atoms with Gasteiger partial charge in [-0.25, -0.2) is 22.8 Å². The zero-order valence-corrected chi connectivity index (χ0v) is 20.4. The predicted octanol–water partition coefficient (Wildman–Crippen LogP) is 5.90. The van der Waals surface area contributed by atoms with Crippen LogP contribution in [0.25, 0.3) is 16.4 Å². The van der Waals surface area contributed by atoms with E-state index in [1.54, 1.807) is 19.1 Å². The van der Waals surface area contributed by atoms with Crippen LogP contribution in [0.15, 0.2) is 108 Å². The number of hydrogen-bond donors (Lipinski definition) is 0. The summed E-state index contributed by atoms with van der Waals surface area (Å²) in [5.41, 5.74) is 1.53. The Balaban J connectivity index is 1.86. The van der Waals surface area contributed by atoms with Gasteiger partial charge in [-0.15, -0.1) is 0 Å². The van der Waals surface area contributed by atoms with E-state index < -0.39 is 30.7 Å². The van der Waals surface area contributed by atoms with Crippen molar-refractivity contribution >= 4 is 30.2 Å². The Morgan fingerprint density at radius 1 is 0.921 bits per heavy atom. The smallest absolute Gasteiger partial charge is 0.314 e. The Bertz CT molecular complexity index is 1460. The van der Waals surface area contributed by atoms with Crippen molar-refractivity contribution in [1.29, 1.82) is 0 Å². The van der Waals surface area contributed by atoms with Crippen molar-refractivity contribution in [3.05, 3.63) is 148 Å². The van der Waals surface area contributed by atoms with Gasteiger partial charge in [-0.1, -0.05) is 66.7 Å². The largest absolute Gasteiger partial charge is 0.464 e. The second kappa shape index (κ2) is 12.0. The summed E-state index contributed by atoms with van der Waals surface area (Å²) in [7, 11) is -0.468. The molecule has 1 aliphatic heterocycles. The number of ether oxygens (including phenoxy) is 2. The van der Waals surface area contributed by atoms with Gasteiger partial charge < -0.3 is 9.47 Å². The number of nitrogens with zero attached hydrogens (tertiary/aromatic N) is 1. The molecule has 0 fully saturated rings. The lowest BCUT2D eigenvalue weighted by Gasteiger charge is -2.19. The summed E-state index contributed by atoms with van der Waals surface area (Å²) in [6.45, 7) is 9.37. The number of rotatable bonds is 7. The Morgan fingerprint density at radius 2 is 1.50 bits per heavy atom. The van der Waals surface area contributed by atoms with Crippen molar-refractivity contribution in [1.82, 2.24) is 0 Å². The lowest BCUT2D eigenvalue weighted by Crippen LogP contribution is -2.28. The average molecular weight is 511 g/mol. The minimum Gasteiger partial charge on any atom is -0.464 e. The fraction of sp³-hybridized carbons (Fsp3) is 0.0667. The van der Waals surface area contributed by atoms with E-state index in [-0.39, 0.29) is 23.2 Å². The van der Waals surface area contributed by atoms with Gasteiger partial charge in [0.1, 0.15) is 11.5 Å². The summed E-state index contributed by atoms with van der Waals surface area (Å²) < 4.78 is 53.1. The van der Waals surface area contributed by atoms with Crippen molar-refractivity contribution in [2.75, 3.05) is 6.61 Å². The van der Waals surface area contributed by atoms with Gasteiger partial charge >= 0.3 is 5.97 Å². The molecule has 3 aromatic carbocycles. The molecule has 1 aliphatic rings. The number of carbonyl (C=O) groups is 1. The van der Waals surface area contributed by atoms with Crippen LogP contribution in [0.3, 0.4) is 0 Å². The Hall–Kier alpha value is -4.77. The summed E-state index contributed by atoms with van der Waals surface area (Å²) in [5, 5.41) is 0. The molecule has 0 spiro atoms. The Morgan fingerprint density at radius 3 is 2.03 bits per heavy atom. The highest BCUT2D eigenvalue weighted by Crippen LogP contribution is 2.32. The fourth-order valence-corrected chi connectivity index (χ4v) is 3.82. The first kappa shape index (κ1) is 26.3. The van der Waals surface area contributed by atoms with E-state index in [4.69, 9.17) is 16.0 Å². The zero-order chi connectivity index (χ0) is 27.1. The molecule has 8 heteroatoms. The van der Waals surface area contributed by atoms with E-state index in [1.165, 1.54) is 6.08 Å². The first-order valence-electron chi connectivity index (χ1n) is 11.7. The standard InChI is InChI=1S/C30H21BF3NO3/c1-3-37-30(36)27(31-22-14-15-23(32)29(34)28(22)33)24(35-2)16-19-17-25(20-10-6-4-7-11-20)38-26(18-19)21-12-8-5-9-13-21/h4-18,31H,3H2,1H3. The van der Waals surface area contributed by atoms with Crippen LogP contribution in [-0.4, -0.2) is 19.9 Å². The summed E-state index contributed by atoms with van der Waals surface area (Å²) in [4.78, 5) is 16.3. The van der Waals surface area contributed by atoms with Crippen molar-refractivity contribution in [3.63, 3.8) is 0 Å². The molecule has 0 radical (unpaired) electrons. The quantitative estimate of drug-likeness (QED) is 0.131. The molecule has 38 heavy (non-hydrogen) atoms. The van der Waals surface area contributed by atoms with Gasteiger partial charge in [-0.2, -0.15) is 0 Å². The molecule has 4 nitrogen and oxygen atoms in total. The zero-order valence-electron chi connectivity index (χ0n) is 20.4. The maximum absolute atomic E-state index is 14.5. The van der Waals surface area contributed by atoms with E-state index in [2.05, 4.69) is 4.85 Å². The summed E-state index contributed by atoms with van der Waals surface area (Å²) >= 11 is 0. The molecule has 3 aromatic rings. The molecule has 0 amide bonds. The summed E-state index contributed by atoms with van der Waals surface area (Å²) in [5.74, 6) is -4.24. The third kappa shape index (κ3) is 5.96. The lowest BCUT2D eigenvalue weighted by atomic mass is 9.62. The maximum Gasteiger partial charge on any atom is 0.314 e. The Kier molecular flexibility index (Phi) is 8.29. The van der Waals surface area contributed by atoms with Crippen LogP contribution in [0.1, 0.15) is 18.1 Å². The van der Waals surface area contributed by atoms with Gasteiger partial charge in [0, 0.05) is 16.6 Å². The molecule has 0 aliphatic carbocycles. The number of hydrogen-bond acceptors (Lipinski definition) is 3. The molecule has 0 atom stereocenters. The SMILES string of the molecule is [C-]#[N+]C(C=C1C=C(c2ccccc2)OC(c2ccccc2)=C1)=C(Bc1ccc(F)c(F)c1F)C(=O)OCC. The number of esters is 1. The summed E-state index contributed by atoms with van der Waals surface area (Å²) in [6.07, 6.45) is 4.90. The summed E-state index contributed by atoms with van der Waals surface area (Å²) in [6, 6.07) is 20.5. The van der Waals surface area contributed by atoms with Gasteiger partial charge in [0.15, 0.2) is 30.4 Å². The van der Waals surface area contributed by atoms with Crippen LogP contribution in [0, 0.1) is 24.0 Å². The molecule has 0 unspecified atom stereocenters. The highest BCUT2D eigenvalue weighted by Gasteiger charge is 2.23. The van der Waals surface area contributed by atoms with Crippen LogP contribution in [0.4, 0.5) is 13.2 Å². The van der Waals surface area contributed by atoms with Crippen LogP contribution in [0.2, 0.25) is 0 Å². The van der Waals surface area contributed by atoms with Gasteiger partial charge in [-0.3, -0.25) is 0 Å². The third-order valence-electron chi connectivity index (χ3n) is 5.67. The minimum absolute atomic E-state index is 0.00834. The van der Waals surface area contributed by atoms with Crippen molar-refractivity contribution in [2.24, 2.45) is 0 Å². The van der Waals surface area contributed by atoms with Crippen molar-refractivity contribution in [2.45, 2.75) is 6.92 Å². The molecular formula is C30H21BF3NO3. The average Bonchev–Trinajstić information content (AvgIpc) is 2.95. The minimum atomic E-state index is -1.65. The normalized spacial score (nSPS) is 13.3. The third-order valence-corrected chi connectivity index (χ3v) is 5.67. The monoisotopic (exact) mass is 511 g/mol. The molecule has 0 saturated heterocycles. The highest BCUT2D eigenvalue weighted by molar-refractivity contribution is 6.66. The van der Waals surface area contributed by atoms with E-state index in [1.807, 2.05) is 60.7 Å². The van der Waals surface area contributed by atoms with Crippen LogP contribution >= 0.6 is 0 Å². The molecule has 0 N–H and O–H groups in total. The fourth-order valence-electron chi connectivity index (χ4n) is 3.82. The van der Waals surface area contributed by atoms with Crippen LogP contribution in [-0.2, 0) is 14.3 Å². The topological polar surface area (TPSA) is 39.9 Å². The second-order valence-electron chi connectivity index (χ2n) is 8.20. The molecule has 4 rings (SSSR count). The molecule has 0 bridgehead atoms. The predicted molar refractivity (Wildman–Crippen MR) is 141 cm³/mol. The molecule has 188 valence electrons.